The van der Waals surface area contributed by atoms with Gasteiger partial charge < -0.3 is 5.32 Å². The van der Waals surface area contributed by atoms with Crippen LogP contribution >= 0.6 is 0 Å². The second-order valence-electron chi connectivity index (χ2n) is 4.15. The Morgan fingerprint density at radius 3 is 2.26 bits per heavy atom. The first-order chi connectivity index (χ1) is 9.15. The number of hydrogen-bond donors (Lipinski definition) is 1. The highest BCUT2D eigenvalue weighted by Crippen LogP contribution is 2.07. The minimum absolute atomic E-state index is 0.00874. The molecule has 0 saturated heterocycles. The zero-order chi connectivity index (χ0) is 13.7. The Kier molecular flexibility index (Phi) is 4.23. The predicted octanol–water partition coefficient (Wildman–Crippen LogP) is 2.94. The van der Waals surface area contributed by atoms with Crippen molar-refractivity contribution in [3.05, 3.63) is 71.3 Å². The van der Waals surface area contributed by atoms with Crippen LogP contribution in [0, 0.1) is 11.6 Å². The third-order valence-corrected chi connectivity index (χ3v) is 2.67. The summed E-state index contributed by atoms with van der Waals surface area (Å²) in [5.74, 6) is -1.99. The highest BCUT2D eigenvalue weighted by atomic mass is 19.1. The van der Waals surface area contributed by atoms with Gasteiger partial charge in [-0.1, -0.05) is 30.3 Å². The van der Waals surface area contributed by atoms with E-state index in [1.54, 1.807) is 0 Å². The van der Waals surface area contributed by atoms with E-state index in [0.717, 1.165) is 23.8 Å². The van der Waals surface area contributed by atoms with Gasteiger partial charge in [-0.3, -0.25) is 4.79 Å². The number of rotatable bonds is 4. The lowest BCUT2D eigenvalue weighted by Crippen LogP contribution is -2.25. The summed E-state index contributed by atoms with van der Waals surface area (Å²) in [6.45, 7) is 0.418. The van der Waals surface area contributed by atoms with Crippen molar-refractivity contribution in [3.8, 4) is 0 Å². The summed E-state index contributed by atoms with van der Waals surface area (Å²) in [6, 6.07) is 12.4. The lowest BCUT2D eigenvalue weighted by Gasteiger charge is -2.05. The first kappa shape index (κ1) is 13.2. The molecule has 0 aliphatic rings. The maximum Gasteiger partial charge on any atom is 0.251 e. The van der Waals surface area contributed by atoms with Crippen LogP contribution in [0.1, 0.15) is 15.9 Å². The van der Waals surface area contributed by atoms with Gasteiger partial charge in [-0.05, 0) is 24.1 Å². The summed E-state index contributed by atoms with van der Waals surface area (Å²) < 4.78 is 25.9. The van der Waals surface area contributed by atoms with Crippen LogP contribution in [-0.2, 0) is 6.42 Å². The summed E-state index contributed by atoms with van der Waals surface area (Å²) in [4.78, 5) is 11.7. The van der Waals surface area contributed by atoms with Crippen LogP contribution in [0.2, 0.25) is 0 Å². The zero-order valence-electron chi connectivity index (χ0n) is 10.2. The van der Waals surface area contributed by atoms with Crippen molar-refractivity contribution < 1.29 is 13.6 Å². The van der Waals surface area contributed by atoms with Crippen molar-refractivity contribution in [1.29, 1.82) is 0 Å². The smallest absolute Gasteiger partial charge is 0.251 e. The molecule has 0 saturated carbocycles. The van der Waals surface area contributed by atoms with Crippen LogP contribution in [0.15, 0.2) is 48.5 Å². The summed E-state index contributed by atoms with van der Waals surface area (Å²) in [7, 11) is 0. The van der Waals surface area contributed by atoms with E-state index >= 15 is 0 Å². The Labute approximate surface area is 110 Å². The molecule has 0 spiro atoms. The Balaban J connectivity index is 1.91. The summed E-state index contributed by atoms with van der Waals surface area (Å²) >= 11 is 0. The molecule has 0 aliphatic carbocycles. The van der Waals surface area contributed by atoms with Crippen LogP contribution in [0.5, 0.6) is 0 Å². The summed E-state index contributed by atoms with van der Waals surface area (Å²) in [5.41, 5.74) is 1.08. The van der Waals surface area contributed by atoms with Gasteiger partial charge in [0, 0.05) is 18.2 Å². The lowest BCUT2D eigenvalue weighted by molar-refractivity contribution is 0.0953. The van der Waals surface area contributed by atoms with E-state index in [0.29, 0.717) is 13.0 Å². The monoisotopic (exact) mass is 261 g/mol. The van der Waals surface area contributed by atoms with Gasteiger partial charge in [0.1, 0.15) is 11.6 Å². The molecule has 0 fully saturated rings. The molecule has 2 aromatic carbocycles. The van der Waals surface area contributed by atoms with Crippen molar-refractivity contribution in [2.45, 2.75) is 6.42 Å². The van der Waals surface area contributed by atoms with Crippen LogP contribution in [-0.4, -0.2) is 12.5 Å². The molecular weight excluding hydrogens is 248 g/mol. The van der Waals surface area contributed by atoms with Gasteiger partial charge >= 0.3 is 0 Å². The number of nitrogens with one attached hydrogen (secondary N) is 1. The van der Waals surface area contributed by atoms with E-state index in [1.165, 1.54) is 0 Å². The summed E-state index contributed by atoms with van der Waals surface area (Å²) in [6.07, 6.45) is 0.671. The van der Waals surface area contributed by atoms with Gasteiger partial charge in [-0.2, -0.15) is 0 Å². The van der Waals surface area contributed by atoms with E-state index in [1.807, 2.05) is 30.3 Å². The van der Waals surface area contributed by atoms with Gasteiger partial charge in [-0.15, -0.1) is 0 Å². The molecule has 0 unspecified atom stereocenters. The van der Waals surface area contributed by atoms with Gasteiger partial charge in [0.25, 0.3) is 5.91 Å². The quantitative estimate of drug-likeness (QED) is 0.900. The Morgan fingerprint density at radius 2 is 1.63 bits per heavy atom. The molecule has 1 amide bonds. The number of amides is 1. The van der Waals surface area contributed by atoms with Crippen LogP contribution < -0.4 is 5.32 Å². The number of halogens is 2. The molecule has 2 aromatic rings. The zero-order valence-corrected chi connectivity index (χ0v) is 10.2. The van der Waals surface area contributed by atoms with Crippen molar-refractivity contribution in [1.82, 2.24) is 5.32 Å². The molecule has 0 radical (unpaired) electrons. The second-order valence-corrected chi connectivity index (χ2v) is 4.15. The number of benzene rings is 2. The van der Waals surface area contributed by atoms with Crippen molar-refractivity contribution in [2.75, 3.05) is 6.54 Å². The van der Waals surface area contributed by atoms with Crippen LogP contribution in [0.25, 0.3) is 0 Å². The second kappa shape index (κ2) is 6.09. The van der Waals surface area contributed by atoms with Crippen LogP contribution in [0.3, 0.4) is 0 Å². The number of carbonyl (C=O) groups excluding carboxylic acids is 1. The average molecular weight is 261 g/mol. The minimum atomic E-state index is -0.756. The molecule has 0 atom stereocenters. The average Bonchev–Trinajstić information content (AvgIpc) is 2.38. The van der Waals surface area contributed by atoms with Crippen LogP contribution in [0.4, 0.5) is 8.78 Å². The highest BCUT2D eigenvalue weighted by molar-refractivity contribution is 5.94. The number of hydrogen-bond acceptors (Lipinski definition) is 1. The van der Waals surface area contributed by atoms with E-state index in [9.17, 15) is 13.6 Å². The van der Waals surface area contributed by atoms with Gasteiger partial charge in [0.2, 0.25) is 0 Å². The molecule has 4 heteroatoms. The molecule has 19 heavy (non-hydrogen) atoms. The topological polar surface area (TPSA) is 29.1 Å². The third-order valence-electron chi connectivity index (χ3n) is 2.67. The molecule has 2 rings (SSSR count). The Hall–Kier alpha value is -2.23. The standard InChI is InChI=1S/C15H13F2NO/c16-13-8-12(9-14(17)10-13)15(19)18-7-6-11-4-2-1-3-5-11/h1-5,8-10H,6-7H2,(H,18,19). The fraction of sp³-hybridized carbons (Fsp3) is 0.133. The Morgan fingerprint density at radius 1 is 1.00 bits per heavy atom. The predicted molar refractivity (Wildman–Crippen MR) is 68.8 cm³/mol. The van der Waals surface area contributed by atoms with Crippen molar-refractivity contribution in [2.24, 2.45) is 0 Å². The molecule has 0 heterocycles. The largest absolute Gasteiger partial charge is 0.352 e. The maximum absolute atomic E-state index is 13.0. The fourth-order valence-corrected chi connectivity index (χ4v) is 1.75. The molecule has 0 aromatic heterocycles. The first-order valence-electron chi connectivity index (χ1n) is 5.93. The van der Waals surface area contributed by atoms with E-state index in [4.69, 9.17) is 0 Å². The van der Waals surface area contributed by atoms with E-state index < -0.39 is 17.5 Å². The van der Waals surface area contributed by atoms with E-state index in [2.05, 4.69) is 5.32 Å². The maximum atomic E-state index is 13.0. The molecule has 0 bridgehead atoms. The first-order valence-corrected chi connectivity index (χ1v) is 5.93. The summed E-state index contributed by atoms with van der Waals surface area (Å²) in [5, 5.41) is 2.63. The highest BCUT2D eigenvalue weighted by Gasteiger charge is 2.08. The molecule has 98 valence electrons. The normalized spacial score (nSPS) is 10.2. The van der Waals surface area contributed by atoms with Gasteiger partial charge in [0.15, 0.2) is 0 Å². The van der Waals surface area contributed by atoms with Crippen molar-refractivity contribution in [3.63, 3.8) is 0 Å². The fourth-order valence-electron chi connectivity index (χ4n) is 1.75. The molecule has 2 nitrogen and oxygen atoms in total. The SMILES string of the molecule is O=C(NCCc1ccccc1)c1cc(F)cc(F)c1. The molecular formula is C15H13F2NO. The van der Waals surface area contributed by atoms with Gasteiger partial charge in [0.05, 0.1) is 0 Å². The minimum Gasteiger partial charge on any atom is -0.352 e. The molecule has 1 N–H and O–H groups in total. The lowest BCUT2D eigenvalue weighted by atomic mass is 10.1. The Bertz CT molecular complexity index is 549. The van der Waals surface area contributed by atoms with E-state index in [-0.39, 0.29) is 5.56 Å². The third kappa shape index (κ3) is 3.88. The molecule has 0 aliphatic heterocycles. The van der Waals surface area contributed by atoms with Crippen molar-refractivity contribution >= 4 is 5.91 Å². The van der Waals surface area contributed by atoms with Gasteiger partial charge in [-0.25, -0.2) is 8.78 Å². The number of carbonyl (C=O) groups is 1.